The molecule has 0 aliphatic heterocycles. The Bertz CT molecular complexity index is 812. The summed E-state index contributed by atoms with van der Waals surface area (Å²) in [6, 6.07) is 7.54. The average molecular weight is 315 g/mol. The molecule has 0 saturated heterocycles. The van der Waals surface area contributed by atoms with Crippen molar-refractivity contribution < 1.29 is 0 Å². The molecule has 0 radical (unpaired) electrons. The van der Waals surface area contributed by atoms with Crippen molar-refractivity contribution >= 4 is 22.7 Å². The van der Waals surface area contributed by atoms with Crippen LogP contribution in [-0.2, 0) is 6.54 Å². The number of hydrogen-bond donors (Lipinski definition) is 3. The van der Waals surface area contributed by atoms with Crippen molar-refractivity contribution in [2.24, 2.45) is 0 Å². The predicted molar refractivity (Wildman–Crippen MR) is 88.1 cm³/mol. The number of H-pyrrole nitrogens is 2. The van der Waals surface area contributed by atoms with Gasteiger partial charge in [-0.05, 0) is 19.1 Å². The van der Waals surface area contributed by atoms with Gasteiger partial charge in [0.2, 0.25) is 0 Å². The molecule has 3 N–H and O–H groups in total. The summed E-state index contributed by atoms with van der Waals surface area (Å²) in [7, 11) is 0. The fourth-order valence-corrected chi connectivity index (χ4v) is 2.91. The Morgan fingerprint density at radius 3 is 3.05 bits per heavy atom. The van der Waals surface area contributed by atoms with Gasteiger partial charge in [0, 0.05) is 41.5 Å². The molecular weight excluding hydrogens is 298 g/mol. The first-order valence-corrected chi connectivity index (χ1v) is 8.03. The second kappa shape index (κ2) is 6.76. The molecule has 0 unspecified atom stereocenters. The van der Waals surface area contributed by atoms with Crippen molar-refractivity contribution in [1.29, 1.82) is 0 Å². The minimum absolute atomic E-state index is 0.0613. The van der Waals surface area contributed by atoms with Gasteiger partial charge in [0.15, 0.2) is 5.43 Å². The molecule has 0 aliphatic carbocycles. The number of nitrogens with one attached hydrogen (secondary N) is 3. The van der Waals surface area contributed by atoms with Gasteiger partial charge in [-0.1, -0.05) is 11.6 Å². The van der Waals surface area contributed by atoms with Gasteiger partial charge in [-0.3, -0.25) is 4.79 Å². The molecule has 2 heterocycles. The number of rotatable bonds is 6. The maximum absolute atomic E-state index is 12.1. The zero-order valence-corrected chi connectivity index (χ0v) is 13.0. The lowest BCUT2D eigenvalue weighted by atomic mass is 10.1. The van der Waals surface area contributed by atoms with E-state index in [0.717, 1.165) is 39.5 Å². The van der Waals surface area contributed by atoms with Gasteiger partial charge in [-0.25, -0.2) is 0 Å². The van der Waals surface area contributed by atoms with Crippen molar-refractivity contribution in [2.75, 3.05) is 12.3 Å². The van der Waals surface area contributed by atoms with Crippen LogP contribution in [0.2, 0.25) is 0 Å². The van der Waals surface area contributed by atoms with E-state index in [0.29, 0.717) is 6.54 Å². The highest BCUT2D eigenvalue weighted by Gasteiger charge is 2.02. The van der Waals surface area contributed by atoms with Crippen LogP contribution >= 0.6 is 11.8 Å². The Hall–Kier alpha value is -2.12. The lowest BCUT2D eigenvalue weighted by Gasteiger charge is -2.06. The number of benzene rings is 1. The maximum Gasteiger partial charge on any atom is 0.189 e. The van der Waals surface area contributed by atoms with Gasteiger partial charge in [-0.2, -0.15) is 10.3 Å². The van der Waals surface area contributed by atoms with Crippen LogP contribution in [0, 0.1) is 6.92 Å². The average Bonchev–Trinajstić information content (AvgIpc) is 3.01. The van der Waals surface area contributed by atoms with E-state index in [2.05, 4.69) is 25.7 Å². The molecule has 3 aromatic rings. The number of hydrogen-bond acceptors (Lipinski definition) is 5. The molecule has 0 saturated carbocycles. The minimum atomic E-state index is 0.0613. The summed E-state index contributed by atoms with van der Waals surface area (Å²) in [5.41, 5.74) is 2.93. The fourth-order valence-electron chi connectivity index (χ4n) is 2.22. The number of thioether (sulfide) groups is 1. The van der Waals surface area contributed by atoms with Crippen LogP contribution in [0.25, 0.3) is 10.9 Å². The Morgan fingerprint density at radius 1 is 1.32 bits per heavy atom. The Balaban J connectivity index is 1.57. The van der Waals surface area contributed by atoms with Gasteiger partial charge in [0.05, 0.1) is 6.20 Å². The number of aryl methyl sites for hydroxylation is 1. The number of aromatic nitrogens is 4. The van der Waals surface area contributed by atoms with E-state index in [-0.39, 0.29) is 5.43 Å². The number of nitrogens with zero attached hydrogens (tertiary/aromatic N) is 2. The first kappa shape index (κ1) is 14.8. The molecule has 0 atom stereocenters. The lowest BCUT2D eigenvalue weighted by molar-refractivity contribution is 0.717. The highest BCUT2D eigenvalue weighted by Crippen LogP contribution is 2.12. The minimum Gasteiger partial charge on any atom is -0.357 e. The van der Waals surface area contributed by atoms with Crippen molar-refractivity contribution in [2.45, 2.75) is 18.5 Å². The molecule has 1 aromatic carbocycles. The van der Waals surface area contributed by atoms with Crippen LogP contribution in [0.15, 0.2) is 40.3 Å². The van der Waals surface area contributed by atoms with Crippen LogP contribution in [0.1, 0.15) is 11.3 Å². The number of pyridine rings is 1. The van der Waals surface area contributed by atoms with Crippen molar-refractivity contribution in [3.05, 3.63) is 51.9 Å². The third-order valence-electron chi connectivity index (χ3n) is 3.28. The SMILES string of the molecule is Cc1ccc2[nH]c(CNCCSc3cn[nH]n3)cc(=O)c2c1. The molecule has 6 nitrogen and oxygen atoms in total. The summed E-state index contributed by atoms with van der Waals surface area (Å²) in [6.07, 6.45) is 1.70. The highest BCUT2D eigenvalue weighted by molar-refractivity contribution is 7.99. The Kier molecular flexibility index (Phi) is 4.55. The van der Waals surface area contributed by atoms with Crippen molar-refractivity contribution in [3.63, 3.8) is 0 Å². The van der Waals surface area contributed by atoms with Crippen LogP contribution < -0.4 is 10.7 Å². The summed E-state index contributed by atoms with van der Waals surface area (Å²) >= 11 is 1.63. The van der Waals surface area contributed by atoms with Crippen molar-refractivity contribution in [1.82, 2.24) is 25.7 Å². The summed E-state index contributed by atoms with van der Waals surface area (Å²) in [4.78, 5) is 15.4. The van der Waals surface area contributed by atoms with Gasteiger partial charge in [0.25, 0.3) is 0 Å². The summed E-state index contributed by atoms with van der Waals surface area (Å²) < 4.78 is 0. The molecule has 3 rings (SSSR count). The van der Waals surface area contributed by atoms with E-state index in [4.69, 9.17) is 0 Å². The molecule has 114 valence electrons. The predicted octanol–water partition coefficient (Wildman–Crippen LogP) is 1.84. The summed E-state index contributed by atoms with van der Waals surface area (Å²) in [5.74, 6) is 0.892. The van der Waals surface area contributed by atoms with E-state index >= 15 is 0 Å². The Morgan fingerprint density at radius 2 is 2.23 bits per heavy atom. The third-order valence-corrected chi connectivity index (χ3v) is 4.18. The number of aromatic amines is 2. The van der Waals surface area contributed by atoms with Gasteiger partial charge >= 0.3 is 0 Å². The van der Waals surface area contributed by atoms with E-state index in [1.165, 1.54) is 0 Å². The topological polar surface area (TPSA) is 86.5 Å². The van der Waals surface area contributed by atoms with Crippen LogP contribution in [0.3, 0.4) is 0 Å². The molecule has 0 aliphatic rings. The normalized spacial score (nSPS) is 11.1. The molecule has 2 aromatic heterocycles. The second-order valence-electron chi connectivity index (χ2n) is 5.04. The maximum atomic E-state index is 12.1. The quantitative estimate of drug-likeness (QED) is 0.477. The zero-order valence-electron chi connectivity index (χ0n) is 12.2. The molecule has 0 bridgehead atoms. The summed E-state index contributed by atoms with van der Waals surface area (Å²) in [5, 5.41) is 15.3. The summed E-state index contributed by atoms with van der Waals surface area (Å²) in [6.45, 7) is 3.45. The smallest absolute Gasteiger partial charge is 0.189 e. The third kappa shape index (κ3) is 3.55. The molecular formula is C15H17N5OS. The van der Waals surface area contributed by atoms with E-state index in [1.807, 2.05) is 25.1 Å². The molecule has 0 amide bonds. The van der Waals surface area contributed by atoms with E-state index in [9.17, 15) is 4.79 Å². The molecule has 22 heavy (non-hydrogen) atoms. The van der Waals surface area contributed by atoms with Gasteiger partial charge in [0.1, 0.15) is 5.03 Å². The standard InChI is InChI=1S/C15H17N5OS/c1-10-2-3-13-12(6-10)14(21)7-11(18-13)8-16-4-5-22-15-9-17-20-19-15/h2-3,6-7,9,16H,4-5,8H2,1H3,(H,18,21)(H,17,19,20). The van der Waals surface area contributed by atoms with Crippen LogP contribution in [0.4, 0.5) is 0 Å². The molecule has 0 fully saturated rings. The number of fused-ring (bicyclic) bond motifs is 1. The molecule has 7 heteroatoms. The van der Waals surface area contributed by atoms with Crippen LogP contribution in [0.5, 0.6) is 0 Å². The largest absolute Gasteiger partial charge is 0.357 e. The van der Waals surface area contributed by atoms with Crippen molar-refractivity contribution in [3.8, 4) is 0 Å². The Labute approximate surface area is 131 Å². The van der Waals surface area contributed by atoms with Gasteiger partial charge < -0.3 is 10.3 Å². The van der Waals surface area contributed by atoms with Gasteiger partial charge in [-0.15, -0.1) is 16.9 Å². The second-order valence-corrected chi connectivity index (χ2v) is 6.16. The molecule has 0 spiro atoms. The first-order chi connectivity index (χ1) is 10.7. The van der Waals surface area contributed by atoms with E-state index in [1.54, 1.807) is 24.0 Å². The fraction of sp³-hybridized carbons (Fsp3) is 0.267. The van der Waals surface area contributed by atoms with Crippen LogP contribution in [-0.4, -0.2) is 32.7 Å². The highest BCUT2D eigenvalue weighted by atomic mass is 32.2. The lowest BCUT2D eigenvalue weighted by Crippen LogP contribution is -2.19. The zero-order chi connectivity index (χ0) is 15.4. The monoisotopic (exact) mass is 315 g/mol. The first-order valence-electron chi connectivity index (χ1n) is 7.04. The van der Waals surface area contributed by atoms with E-state index < -0.39 is 0 Å².